The number of hydrogen-bond acceptors (Lipinski definition) is 7. The van der Waals surface area contributed by atoms with Crippen LogP contribution in [0.1, 0.15) is 17.3 Å². The quantitative estimate of drug-likeness (QED) is 0.647. The van der Waals surface area contributed by atoms with E-state index >= 15 is 0 Å². The SMILES string of the molecule is Cc1cc(CN(C)Cc2nc(-c3ccccc3OC(F)F)no2)no1. The van der Waals surface area contributed by atoms with Crippen molar-refractivity contribution < 1.29 is 22.6 Å². The highest BCUT2D eigenvalue weighted by atomic mass is 19.3. The van der Waals surface area contributed by atoms with Crippen LogP contribution >= 0.6 is 0 Å². The zero-order valence-corrected chi connectivity index (χ0v) is 13.6. The Morgan fingerprint density at radius 3 is 2.68 bits per heavy atom. The molecule has 7 nitrogen and oxygen atoms in total. The molecule has 0 spiro atoms. The van der Waals surface area contributed by atoms with Crippen LogP contribution in [-0.4, -0.2) is 33.9 Å². The average molecular weight is 350 g/mol. The Balaban J connectivity index is 1.70. The van der Waals surface area contributed by atoms with Gasteiger partial charge in [-0.2, -0.15) is 13.8 Å². The Morgan fingerprint density at radius 1 is 1.16 bits per heavy atom. The van der Waals surface area contributed by atoms with Gasteiger partial charge in [-0.1, -0.05) is 22.4 Å². The van der Waals surface area contributed by atoms with Crippen LogP contribution in [0.5, 0.6) is 5.75 Å². The highest BCUT2D eigenvalue weighted by Crippen LogP contribution is 2.28. The van der Waals surface area contributed by atoms with Gasteiger partial charge in [-0.25, -0.2) is 0 Å². The summed E-state index contributed by atoms with van der Waals surface area (Å²) in [5.41, 5.74) is 1.13. The Morgan fingerprint density at radius 2 is 1.96 bits per heavy atom. The van der Waals surface area contributed by atoms with E-state index in [1.54, 1.807) is 18.2 Å². The predicted molar refractivity (Wildman–Crippen MR) is 82.8 cm³/mol. The normalized spacial score (nSPS) is 11.4. The molecule has 0 unspecified atom stereocenters. The molecule has 0 bridgehead atoms. The summed E-state index contributed by atoms with van der Waals surface area (Å²) in [6.07, 6.45) is 0. The summed E-state index contributed by atoms with van der Waals surface area (Å²) >= 11 is 0. The van der Waals surface area contributed by atoms with Gasteiger partial charge in [0, 0.05) is 12.6 Å². The number of ether oxygens (including phenoxy) is 1. The van der Waals surface area contributed by atoms with E-state index < -0.39 is 6.61 Å². The highest BCUT2D eigenvalue weighted by molar-refractivity contribution is 5.63. The fourth-order valence-corrected chi connectivity index (χ4v) is 2.33. The monoisotopic (exact) mass is 350 g/mol. The second-order valence-electron chi connectivity index (χ2n) is 5.49. The second kappa shape index (κ2) is 7.39. The van der Waals surface area contributed by atoms with Gasteiger partial charge in [0.2, 0.25) is 11.7 Å². The smallest absolute Gasteiger partial charge is 0.387 e. The Hall–Kier alpha value is -2.81. The molecule has 132 valence electrons. The molecule has 25 heavy (non-hydrogen) atoms. The van der Waals surface area contributed by atoms with Gasteiger partial charge < -0.3 is 13.8 Å². The molecule has 0 saturated heterocycles. The third kappa shape index (κ3) is 4.38. The van der Waals surface area contributed by atoms with Crippen molar-refractivity contribution in [1.29, 1.82) is 0 Å². The topological polar surface area (TPSA) is 77.4 Å². The fourth-order valence-electron chi connectivity index (χ4n) is 2.33. The zero-order valence-electron chi connectivity index (χ0n) is 13.6. The van der Waals surface area contributed by atoms with Crippen molar-refractivity contribution in [2.24, 2.45) is 0 Å². The molecule has 0 aliphatic carbocycles. The minimum absolute atomic E-state index is 0.00345. The van der Waals surface area contributed by atoms with Crippen molar-refractivity contribution >= 4 is 0 Å². The van der Waals surface area contributed by atoms with Crippen LogP contribution in [0.15, 0.2) is 39.4 Å². The molecule has 1 aromatic carbocycles. The molecule has 2 aromatic heterocycles. The number of aryl methyl sites for hydroxylation is 1. The van der Waals surface area contributed by atoms with Crippen LogP contribution in [0.3, 0.4) is 0 Å². The van der Waals surface area contributed by atoms with Crippen LogP contribution in [0.25, 0.3) is 11.4 Å². The van der Waals surface area contributed by atoms with E-state index in [0.717, 1.165) is 11.5 Å². The van der Waals surface area contributed by atoms with Crippen molar-refractivity contribution in [2.45, 2.75) is 26.6 Å². The van der Waals surface area contributed by atoms with Crippen molar-refractivity contribution in [1.82, 2.24) is 20.2 Å². The van der Waals surface area contributed by atoms with Crippen molar-refractivity contribution in [3.63, 3.8) is 0 Å². The standard InChI is InChI=1S/C16H16F2N4O3/c1-10-7-11(20-24-10)8-22(2)9-14-19-15(21-25-14)12-5-3-4-6-13(12)23-16(17)18/h3-7,16H,8-9H2,1-2H3. The third-order valence-electron chi connectivity index (χ3n) is 3.33. The summed E-state index contributed by atoms with van der Waals surface area (Å²) < 4.78 is 39.7. The molecule has 0 atom stereocenters. The molecule has 0 aliphatic heterocycles. The highest BCUT2D eigenvalue weighted by Gasteiger charge is 2.17. The van der Waals surface area contributed by atoms with E-state index in [9.17, 15) is 8.78 Å². The number of aromatic nitrogens is 3. The van der Waals surface area contributed by atoms with Crippen LogP contribution in [-0.2, 0) is 13.1 Å². The number of para-hydroxylation sites is 1. The van der Waals surface area contributed by atoms with Crippen LogP contribution in [0.4, 0.5) is 8.78 Å². The van der Waals surface area contributed by atoms with E-state index in [4.69, 9.17) is 9.05 Å². The Labute approximate surface area is 142 Å². The molecule has 9 heteroatoms. The molecular formula is C16H16F2N4O3. The summed E-state index contributed by atoms with van der Waals surface area (Å²) in [5.74, 6) is 1.27. The summed E-state index contributed by atoms with van der Waals surface area (Å²) in [5, 5.41) is 7.77. The Bertz CT molecular complexity index is 834. The molecule has 0 amide bonds. The molecule has 0 aliphatic rings. The van der Waals surface area contributed by atoms with E-state index in [1.807, 2.05) is 24.9 Å². The molecule has 0 N–H and O–H groups in total. The van der Waals surface area contributed by atoms with E-state index in [-0.39, 0.29) is 11.6 Å². The number of halogens is 2. The van der Waals surface area contributed by atoms with Gasteiger partial charge in [0.15, 0.2) is 0 Å². The minimum Gasteiger partial charge on any atom is -0.434 e. The van der Waals surface area contributed by atoms with Crippen molar-refractivity contribution in [3.05, 3.63) is 47.7 Å². The van der Waals surface area contributed by atoms with E-state index in [2.05, 4.69) is 20.0 Å². The molecule has 3 rings (SSSR count). The van der Waals surface area contributed by atoms with Crippen molar-refractivity contribution in [3.8, 4) is 17.1 Å². The molecule has 0 fully saturated rings. The first-order chi connectivity index (χ1) is 12.0. The Kier molecular flexibility index (Phi) is 5.03. The number of hydrogen-bond donors (Lipinski definition) is 0. The second-order valence-corrected chi connectivity index (χ2v) is 5.49. The van der Waals surface area contributed by atoms with Gasteiger partial charge in [-0.3, -0.25) is 4.90 Å². The van der Waals surface area contributed by atoms with E-state index in [1.165, 1.54) is 6.07 Å². The lowest BCUT2D eigenvalue weighted by molar-refractivity contribution is -0.0494. The maximum absolute atomic E-state index is 12.5. The third-order valence-corrected chi connectivity index (χ3v) is 3.33. The maximum Gasteiger partial charge on any atom is 0.387 e. The largest absolute Gasteiger partial charge is 0.434 e. The minimum atomic E-state index is -2.93. The number of nitrogens with zero attached hydrogens (tertiary/aromatic N) is 4. The summed E-state index contributed by atoms with van der Waals surface area (Å²) in [6.45, 7) is -0.194. The lowest BCUT2D eigenvalue weighted by Gasteiger charge is -2.11. The summed E-state index contributed by atoms with van der Waals surface area (Å²) in [6, 6.07) is 8.14. The molecule has 3 aromatic rings. The van der Waals surface area contributed by atoms with Crippen LogP contribution in [0.2, 0.25) is 0 Å². The zero-order chi connectivity index (χ0) is 17.8. The number of alkyl halides is 2. The molecule has 2 heterocycles. The van der Waals surface area contributed by atoms with Crippen LogP contribution < -0.4 is 4.74 Å². The molecule has 0 saturated carbocycles. The first kappa shape index (κ1) is 17.0. The first-order valence-corrected chi connectivity index (χ1v) is 7.49. The van der Waals surface area contributed by atoms with Gasteiger partial charge in [0.1, 0.15) is 11.5 Å². The molecular weight excluding hydrogens is 334 g/mol. The van der Waals surface area contributed by atoms with Gasteiger partial charge in [0.05, 0.1) is 17.8 Å². The van der Waals surface area contributed by atoms with Gasteiger partial charge in [-0.05, 0) is 26.1 Å². The lowest BCUT2D eigenvalue weighted by Crippen LogP contribution is -2.17. The average Bonchev–Trinajstić information content (AvgIpc) is 3.16. The molecule has 0 radical (unpaired) electrons. The summed E-state index contributed by atoms with van der Waals surface area (Å²) in [7, 11) is 1.86. The van der Waals surface area contributed by atoms with Gasteiger partial charge in [0.25, 0.3) is 0 Å². The first-order valence-electron chi connectivity index (χ1n) is 7.49. The van der Waals surface area contributed by atoms with E-state index in [0.29, 0.717) is 24.5 Å². The maximum atomic E-state index is 12.5. The lowest BCUT2D eigenvalue weighted by atomic mass is 10.2. The van der Waals surface area contributed by atoms with Crippen LogP contribution in [0, 0.1) is 6.92 Å². The number of benzene rings is 1. The summed E-state index contributed by atoms with van der Waals surface area (Å²) in [4.78, 5) is 6.16. The van der Waals surface area contributed by atoms with Crippen molar-refractivity contribution in [2.75, 3.05) is 7.05 Å². The fraction of sp³-hybridized carbons (Fsp3) is 0.312. The van der Waals surface area contributed by atoms with Gasteiger partial charge in [-0.15, -0.1) is 0 Å². The van der Waals surface area contributed by atoms with Gasteiger partial charge >= 0.3 is 6.61 Å². The number of rotatable bonds is 7. The predicted octanol–water partition coefficient (Wildman–Crippen LogP) is 3.27.